The molecule has 0 aliphatic carbocycles. The van der Waals surface area contributed by atoms with Crippen LogP contribution >= 0.6 is 0 Å². The second kappa shape index (κ2) is 4.73. The fraction of sp³-hybridized carbons (Fsp3) is 0.308. The Morgan fingerprint density at radius 1 is 1.20 bits per heavy atom. The van der Waals surface area contributed by atoms with E-state index in [0.717, 1.165) is 29.1 Å². The molecule has 20 heavy (non-hydrogen) atoms. The smallest absolute Gasteiger partial charge is 0.238 e. The second-order valence-corrected chi connectivity index (χ2v) is 4.50. The SMILES string of the molecule is Cc1nn(-c2ccc(N=O)c(C(F)(F)F)c2)c(C)c1C. The summed E-state index contributed by atoms with van der Waals surface area (Å²) in [5.41, 5.74) is 0.973. The molecule has 0 spiro atoms. The molecule has 2 aromatic rings. The quantitative estimate of drug-likeness (QED) is 0.775. The van der Waals surface area contributed by atoms with Gasteiger partial charge in [-0.15, -0.1) is 4.91 Å². The van der Waals surface area contributed by atoms with Gasteiger partial charge in [0.1, 0.15) is 5.69 Å². The molecule has 7 heteroatoms. The van der Waals surface area contributed by atoms with Gasteiger partial charge in [0.2, 0.25) is 0 Å². The molecule has 0 bridgehead atoms. The molecule has 1 aromatic heterocycles. The molecule has 0 aliphatic rings. The van der Waals surface area contributed by atoms with Crippen LogP contribution in [0.4, 0.5) is 18.9 Å². The maximum absolute atomic E-state index is 12.9. The van der Waals surface area contributed by atoms with Crippen LogP contribution in [0.15, 0.2) is 23.4 Å². The molecule has 0 fully saturated rings. The third-order valence-electron chi connectivity index (χ3n) is 3.28. The van der Waals surface area contributed by atoms with Gasteiger partial charge in [-0.3, -0.25) is 0 Å². The van der Waals surface area contributed by atoms with E-state index in [4.69, 9.17) is 0 Å². The second-order valence-electron chi connectivity index (χ2n) is 4.50. The molecule has 0 saturated carbocycles. The van der Waals surface area contributed by atoms with Gasteiger partial charge >= 0.3 is 6.18 Å². The lowest BCUT2D eigenvalue weighted by Gasteiger charge is -2.11. The Labute approximate surface area is 113 Å². The molecule has 1 aromatic carbocycles. The van der Waals surface area contributed by atoms with E-state index in [1.807, 2.05) is 6.92 Å². The molecular formula is C13H12F3N3O. The van der Waals surface area contributed by atoms with Gasteiger partial charge in [-0.1, -0.05) is 0 Å². The lowest BCUT2D eigenvalue weighted by Crippen LogP contribution is -2.08. The predicted molar refractivity (Wildman–Crippen MR) is 68.2 cm³/mol. The summed E-state index contributed by atoms with van der Waals surface area (Å²) in [6.45, 7) is 5.40. The average Bonchev–Trinajstić information content (AvgIpc) is 2.65. The van der Waals surface area contributed by atoms with Crippen molar-refractivity contribution in [2.75, 3.05) is 0 Å². The van der Waals surface area contributed by atoms with E-state index < -0.39 is 17.4 Å². The number of benzene rings is 1. The van der Waals surface area contributed by atoms with Crippen molar-refractivity contribution in [1.82, 2.24) is 9.78 Å². The highest BCUT2D eigenvalue weighted by atomic mass is 19.4. The molecule has 4 nitrogen and oxygen atoms in total. The highest BCUT2D eigenvalue weighted by Crippen LogP contribution is 2.37. The standard InChI is InChI=1S/C13H12F3N3O/c1-7-8(2)17-19(9(7)3)10-4-5-12(18-20)11(6-10)13(14,15)16/h4-6H,1-3H3. The van der Waals surface area contributed by atoms with E-state index in [1.54, 1.807) is 13.8 Å². The summed E-state index contributed by atoms with van der Waals surface area (Å²) in [5.74, 6) is 0. The molecule has 0 radical (unpaired) electrons. The van der Waals surface area contributed by atoms with Crippen LogP contribution in [0, 0.1) is 25.7 Å². The van der Waals surface area contributed by atoms with Crippen molar-refractivity contribution < 1.29 is 13.2 Å². The number of aryl methyl sites for hydroxylation is 1. The number of halogens is 3. The van der Waals surface area contributed by atoms with Gasteiger partial charge in [-0.25, -0.2) is 4.68 Å². The summed E-state index contributed by atoms with van der Waals surface area (Å²) in [6.07, 6.45) is -4.63. The molecule has 2 rings (SSSR count). The van der Waals surface area contributed by atoms with Crippen LogP contribution in [0.5, 0.6) is 0 Å². The monoisotopic (exact) mass is 283 g/mol. The first-order valence-electron chi connectivity index (χ1n) is 5.83. The Hall–Kier alpha value is -2.18. The van der Waals surface area contributed by atoms with E-state index >= 15 is 0 Å². The van der Waals surface area contributed by atoms with E-state index in [1.165, 1.54) is 10.7 Å². The Bertz CT molecular complexity index is 674. The Kier molecular flexibility index (Phi) is 3.37. The number of nitrogens with zero attached hydrogens (tertiary/aromatic N) is 3. The van der Waals surface area contributed by atoms with E-state index in [0.29, 0.717) is 0 Å². The minimum atomic E-state index is -4.63. The largest absolute Gasteiger partial charge is 0.418 e. The molecular weight excluding hydrogens is 271 g/mol. The van der Waals surface area contributed by atoms with Gasteiger partial charge in [0.05, 0.1) is 16.9 Å². The minimum Gasteiger partial charge on any atom is -0.238 e. The first kappa shape index (κ1) is 14.2. The van der Waals surface area contributed by atoms with Crippen LogP contribution < -0.4 is 0 Å². The van der Waals surface area contributed by atoms with Crippen molar-refractivity contribution in [1.29, 1.82) is 0 Å². The first-order valence-corrected chi connectivity index (χ1v) is 5.83. The first-order chi connectivity index (χ1) is 9.25. The number of aromatic nitrogens is 2. The zero-order chi connectivity index (χ0) is 15.1. The van der Waals surface area contributed by atoms with E-state index in [9.17, 15) is 18.1 Å². The van der Waals surface area contributed by atoms with Crippen LogP contribution in [-0.2, 0) is 6.18 Å². The van der Waals surface area contributed by atoms with Crippen molar-refractivity contribution >= 4 is 5.69 Å². The van der Waals surface area contributed by atoms with Crippen LogP contribution in [0.25, 0.3) is 5.69 Å². The summed E-state index contributed by atoms with van der Waals surface area (Å²) < 4.78 is 40.1. The lowest BCUT2D eigenvalue weighted by atomic mass is 10.1. The molecule has 106 valence electrons. The van der Waals surface area contributed by atoms with Crippen LogP contribution in [0.1, 0.15) is 22.5 Å². The molecule has 1 heterocycles. The van der Waals surface area contributed by atoms with Crippen molar-refractivity contribution in [2.24, 2.45) is 5.18 Å². The highest BCUT2D eigenvalue weighted by molar-refractivity contribution is 5.54. The van der Waals surface area contributed by atoms with E-state index in [-0.39, 0.29) is 5.69 Å². The number of hydrogen-bond donors (Lipinski definition) is 0. The molecule has 0 amide bonds. The van der Waals surface area contributed by atoms with Gasteiger partial charge in [-0.2, -0.15) is 18.3 Å². The lowest BCUT2D eigenvalue weighted by molar-refractivity contribution is -0.137. The molecule has 0 unspecified atom stereocenters. The van der Waals surface area contributed by atoms with Gasteiger partial charge < -0.3 is 0 Å². The fourth-order valence-corrected chi connectivity index (χ4v) is 1.93. The average molecular weight is 283 g/mol. The Balaban J connectivity index is 2.65. The van der Waals surface area contributed by atoms with Crippen LogP contribution in [0.2, 0.25) is 0 Å². The minimum absolute atomic E-state index is 0.249. The number of hydrogen-bond acceptors (Lipinski definition) is 3. The molecule has 0 N–H and O–H groups in total. The van der Waals surface area contributed by atoms with Crippen molar-refractivity contribution in [3.8, 4) is 5.69 Å². The molecule has 0 aliphatic heterocycles. The summed E-state index contributed by atoms with van der Waals surface area (Å²) in [7, 11) is 0. The normalized spacial score (nSPS) is 11.7. The maximum atomic E-state index is 12.9. The topological polar surface area (TPSA) is 47.2 Å². The van der Waals surface area contributed by atoms with E-state index in [2.05, 4.69) is 10.3 Å². The van der Waals surface area contributed by atoms with Gasteiger partial charge in [0, 0.05) is 5.69 Å². The van der Waals surface area contributed by atoms with Crippen LogP contribution in [0.3, 0.4) is 0 Å². The van der Waals surface area contributed by atoms with Crippen molar-refractivity contribution in [2.45, 2.75) is 26.9 Å². The Morgan fingerprint density at radius 2 is 1.85 bits per heavy atom. The maximum Gasteiger partial charge on any atom is 0.418 e. The van der Waals surface area contributed by atoms with Crippen LogP contribution in [-0.4, -0.2) is 9.78 Å². The summed E-state index contributed by atoms with van der Waals surface area (Å²) in [4.78, 5) is 10.5. The van der Waals surface area contributed by atoms with Gasteiger partial charge in [-0.05, 0) is 49.7 Å². The summed E-state index contributed by atoms with van der Waals surface area (Å²) in [5, 5.41) is 6.62. The predicted octanol–water partition coefficient (Wildman–Crippen LogP) is 4.21. The summed E-state index contributed by atoms with van der Waals surface area (Å²) >= 11 is 0. The zero-order valence-corrected chi connectivity index (χ0v) is 11.1. The zero-order valence-electron chi connectivity index (χ0n) is 11.1. The Morgan fingerprint density at radius 3 is 2.30 bits per heavy atom. The third-order valence-corrected chi connectivity index (χ3v) is 3.28. The fourth-order valence-electron chi connectivity index (χ4n) is 1.93. The number of alkyl halides is 3. The molecule has 0 saturated heterocycles. The molecule has 0 atom stereocenters. The highest BCUT2D eigenvalue weighted by Gasteiger charge is 2.34. The van der Waals surface area contributed by atoms with Crippen molar-refractivity contribution in [3.05, 3.63) is 45.6 Å². The van der Waals surface area contributed by atoms with Crippen molar-refractivity contribution in [3.63, 3.8) is 0 Å². The summed E-state index contributed by atoms with van der Waals surface area (Å²) in [6, 6.07) is 3.33. The van der Waals surface area contributed by atoms with Gasteiger partial charge in [0.25, 0.3) is 0 Å². The number of rotatable bonds is 2. The van der Waals surface area contributed by atoms with Gasteiger partial charge in [0.15, 0.2) is 0 Å². The number of nitroso groups, excluding NO2 is 1. The third kappa shape index (κ3) is 2.31.